The van der Waals surface area contributed by atoms with E-state index in [1.54, 1.807) is 0 Å². The number of hydrogen-bond acceptors (Lipinski definition) is 4. The van der Waals surface area contributed by atoms with E-state index in [4.69, 9.17) is 4.74 Å². The third-order valence-corrected chi connectivity index (χ3v) is 3.83. The minimum absolute atomic E-state index is 0.0307. The number of likely N-dealkylation sites (tertiary alicyclic amines) is 1. The minimum Gasteiger partial charge on any atom is -0.488 e. The number of carbonyl (C=O) groups is 1. The van der Waals surface area contributed by atoms with Gasteiger partial charge in [0, 0.05) is 19.0 Å². The van der Waals surface area contributed by atoms with Crippen molar-refractivity contribution in [2.45, 2.75) is 39.3 Å². The average molecular weight is 326 g/mol. The summed E-state index contributed by atoms with van der Waals surface area (Å²) in [6.45, 7) is 5.98. The standard InChI is InChI=1S/C15H19FN2O5/c1-15(2,3)13-12(4-5-17(13)14(19)20)23-11-7-9(16)6-10(8-11)18(21)22/h6-8,12-13H,4-5H2,1-3H3,(H,19,20). The highest BCUT2D eigenvalue weighted by Gasteiger charge is 2.45. The molecule has 1 fully saturated rings. The zero-order valence-electron chi connectivity index (χ0n) is 13.2. The molecule has 1 saturated heterocycles. The molecule has 0 bridgehead atoms. The number of hydrogen-bond donors (Lipinski definition) is 1. The van der Waals surface area contributed by atoms with Crippen molar-refractivity contribution >= 4 is 11.8 Å². The quantitative estimate of drug-likeness (QED) is 0.679. The van der Waals surface area contributed by atoms with E-state index in [0.717, 1.165) is 18.2 Å². The maximum atomic E-state index is 13.5. The Hall–Kier alpha value is -2.38. The molecule has 8 heteroatoms. The van der Waals surface area contributed by atoms with Crippen LogP contribution in [0.2, 0.25) is 0 Å². The lowest BCUT2D eigenvalue weighted by atomic mass is 9.84. The number of amides is 1. The van der Waals surface area contributed by atoms with Gasteiger partial charge in [0.25, 0.3) is 5.69 Å². The van der Waals surface area contributed by atoms with Gasteiger partial charge in [-0.3, -0.25) is 10.1 Å². The molecule has 1 aliphatic rings. The van der Waals surface area contributed by atoms with Gasteiger partial charge in [0.15, 0.2) is 0 Å². The SMILES string of the molecule is CC(C)(C)C1C(Oc2cc(F)cc([N+](=O)[O-])c2)CCN1C(=O)O. The Bertz CT molecular complexity index is 629. The molecule has 126 valence electrons. The highest BCUT2D eigenvalue weighted by atomic mass is 19.1. The molecule has 1 amide bonds. The number of nitrogens with zero attached hydrogens (tertiary/aromatic N) is 2. The number of nitro groups is 1. The number of rotatable bonds is 3. The Labute approximate surface area is 132 Å². The topological polar surface area (TPSA) is 92.9 Å². The molecular weight excluding hydrogens is 307 g/mol. The van der Waals surface area contributed by atoms with Gasteiger partial charge in [-0.2, -0.15) is 0 Å². The van der Waals surface area contributed by atoms with E-state index < -0.39 is 40.1 Å². The highest BCUT2D eigenvalue weighted by Crippen LogP contribution is 2.36. The van der Waals surface area contributed by atoms with Crippen LogP contribution in [0.25, 0.3) is 0 Å². The molecule has 2 unspecified atom stereocenters. The van der Waals surface area contributed by atoms with Crippen LogP contribution in [0, 0.1) is 21.3 Å². The summed E-state index contributed by atoms with van der Waals surface area (Å²) < 4.78 is 19.2. The summed E-state index contributed by atoms with van der Waals surface area (Å²) in [5.41, 5.74) is -0.792. The van der Waals surface area contributed by atoms with E-state index in [0.29, 0.717) is 13.0 Å². The van der Waals surface area contributed by atoms with E-state index in [2.05, 4.69) is 0 Å². The van der Waals surface area contributed by atoms with Crippen LogP contribution in [0.4, 0.5) is 14.9 Å². The molecule has 7 nitrogen and oxygen atoms in total. The van der Waals surface area contributed by atoms with Crippen LogP contribution in [0.15, 0.2) is 18.2 Å². The summed E-state index contributed by atoms with van der Waals surface area (Å²) in [5.74, 6) is -0.738. The van der Waals surface area contributed by atoms with Crippen LogP contribution in [0.1, 0.15) is 27.2 Å². The van der Waals surface area contributed by atoms with Crippen molar-refractivity contribution in [2.75, 3.05) is 6.54 Å². The fraction of sp³-hybridized carbons (Fsp3) is 0.533. The Morgan fingerprint density at radius 1 is 1.43 bits per heavy atom. The van der Waals surface area contributed by atoms with Gasteiger partial charge in [0.2, 0.25) is 0 Å². The Morgan fingerprint density at radius 3 is 2.61 bits per heavy atom. The highest BCUT2D eigenvalue weighted by molar-refractivity contribution is 5.66. The molecule has 1 aromatic carbocycles. The Kier molecular flexibility index (Phi) is 4.44. The van der Waals surface area contributed by atoms with Crippen molar-refractivity contribution in [2.24, 2.45) is 5.41 Å². The van der Waals surface area contributed by atoms with Crippen molar-refractivity contribution < 1.29 is 24.0 Å². The first-order valence-electron chi connectivity index (χ1n) is 7.21. The predicted molar refractivity (Wildman–Crippen MR) is 80.1 cm³/mol. The van der Waals surface area contributed by atoms with Gasteiger partial charge in [-0.25, -0.2) is 9.18 Å². The van der Waals surface area contributed by atoms with Crippen molar-refractivity contribution in [1.29, 1.82) is 0 Å². The number of carboxylic acid groups (broad SMARTS) is 1. The second-order valence-electron chi connectivity index (χ2n) is 6.63. The molecule has 2 rings (SSSR count). The molecule has 1 N–H and O–H groups in total. The van der Waals surface area contributed by atoms with Crippen molar-refractivity contribution in [3.8, 4) is 5.75 Å². The number of halogens is 1. The largest absolute Gasteiger partial charge is 0.488 e. The fourth-order valence-corrected chi connectivity index (χ4v) is 3.02. The molecule has 1 heterocycles. The van der Waals surface area contributed by atoms with Gasteiger partial charge < -0.3 is 14.7 Å². The Morgan fingerprint density at radius 2 is 2.09 bits per heavy atom. The average Bonchev–Trinajstić information content (AvgIpc) is 2.81. The van der Waals surface area contributed by atoms with Gasteiger partial charge in [0.05, 0.1) is 23.1 Å². The molecule has 2 atom stereocenters. The van der Waals surface area contributed by atoms with Gasteiger partial charge >= 0.3 is 6.09 Å². The summed E-state index contributed by atoms with van der Waals surface area (Å²) in [6.07, 6.45) is -1.09. The molecule has 23 heavy (non-hydrogen) atoms. The first-order chi connectivity index (χ1) is 10.6. The van der Waals surface area contributed by atoms with Crippen LogP contribution >= 0.6 is 0 Å². The first-order valence-corrected chi connectivity index (χ1v) is 7.21. The lowest BCUT2D eigenvalue weighted by Crippen LogP contribution is -2.48. The summed E-state index contributed by atoms with van der Waals surface area (Å²) >= 11 is 0. The van der Waals surface area contributed by atoms with E-state index in [1.165, 1.54) is 4.90 Å². The first kappa shape index (κ1) is 17.0. The van der Waals surface area contributed by atoms with Gasteiger partial charge in [-0.1, -0.05) is 20.8 Å². The third-order valence-electron chi connectivity index (χ3n) is 3.83. The lowest BCUT2D eigenvalue weighted by molar-refractivity contribution is -0.385. The number of ether oxygens (including phenoxy) is 1. The van der Waals surface area contributed by atoms with E-state index in [-0.39, 0.29) is 5.75 Å². The van der Waals surface area contributed by atoms with Crippen molar-refractivity contribution in [1.82, 2.24) is 4.90 Å². The lowest BCUT2D eigenvalue weighted by Gasteiger charge is -2.36. The number of non-ortho nitro benzene ring substituents is 1. The van der Waals surface area contributed by atoms with Crippen LogP contribution in [0.5, 0.6) is 5.75 Å². The molecule has 1 aromatic rings. The molecule has 0 aliphatic carbocycles. The van der Waals surface area contributed by atoms with Crippen LogP contribution in [0.3, 0.4) is 0 Å². The normalized spacial score (nSPS) is 21.3. The Balaban J connectivity index is 2.28. The zero-order chi connectivity index (χ0) is 17.4. The molecule has 0 aromatic heterocycles. The maximum Gasteiger partial charge on any atom is 0.407 e. The molecule has 0 spiro atoms. The van der Waals surface area contributed by atoms with E-state index in [9.17, 15) is 24.4 Å². The second kappa shape index (κ2) is 6.02. The van der Waals surface area contributed by atoms with Crippen LogP contribution in [-0.4, -0.2) is 39.7 Å². The summed E-state index contributed by atoms with van der Waals surface area (Å²) in [4.78, 5) is 22.8. The summed E-state index contributed by atoms with van der Waals surface area (Å²) in [7, 11) is 0. The third kappa shape index (κ3) is 3.69. The minimum atomic E-state index is -1.04. The molecular formula is C15H19FN2O5. The van der Waals surface area contributed by atoms with Crippen molar-refractivity contribution in [3.05, 3.63) is 34.1 Å². The van der Waals surface area contributed by atoms with Crippen LogP contribution < -0.4 is 4.74 Å². The van der Waals surface area contributed by atoms with Crippen molar-refractivity contribution in [3.63, 3.8) is 0 Å². The zero-order valence-corrected chi connectivity index (χ0v) is 13.2. The summed E-state index contributed by atoms with van der Waals surface area (Å²) in [5, 5.41) is 20.1. The second-order valence-corrected chi connectivity index (χ2v) is 6.63. The summed E-state index contributed by atoms with van der Waals surface area (Å²) in [6, 6.07) is 2.59. The van der Waals surface area contributed by atoms with Crippen LogP contribution in [-0.2, 0) is 0 Å². The fourth-order valence-electron chi connectivity index (χ4n) is 3.02. The van der Waals surface area contributed by atoms with Gasteiger partial charge in [0.1, 0.15) is 17.7 Å². The van der Waals surface area contributed by atoms with Gasteiger partial charge in [-0.05, 0) is 5.41 Å². The molecule has 0 saturated carbocycles. The van der Waals surface area contributed by atoms with Gasteiger partial charge in [-0.15, -0.1) is 0 Å². The number of nitro benzene ring substituents is 1. The molecule has 0 radical (unpaired) electrons. The van der Waals surface area contributed by atoms with E-state index in [1.807, 2.05) is 20.8 Å². The smallest absolute Gasteiger partial charge is 0.407 e. The maximum absolute atomic E-state index is 13.5. The number of benzene rings is 1. The predicted octanol–water partition coefficient (Wildman–Crippen LogP) is 3.28. The molecule has 1 aliphatic heterocycles. The van der Waals surface area contributed by atoms with E-state index >= 15 is 0 Å². The monoisotopic (exact) mass is 326 g/mol.